The second-order valence-electron chi connectivity index (χ2n) is 6.73. The van der Waals surface area contributed by atoms with Gasteiger partial charge in [-0.2, -0.15) is 0 Å². The van der Waals surface area contributed by atoms with Crippen LogP contribution in [0.4, 0.5) is 14.7 Å². The molecule has 0 aliphatic rings. The van der Waals surface area contributed by atoms with E-state index < -0.39 is 11.6 Å². The van der Waals surface area contributed by atoms with Crippen molar-refractivity contribution in [3.63, 3.8) is 0 Å². The zero-order chi connectivity index (χ0) is 21.3. The van der Waals surface area contributed by atoms with Gasteiger partial charge in [-0.05, 0) is 37.6 Å². The topological polar surface area (TPSA) is 88.2 Å². The molecule has 0 unspecified atom stereocenters. The summed E-state index contributed by atoms with van der Waals surface area (Å²) in [6.07, 6.45) is 5.91. The van der Waals surface area contributed by atoms with Gasteiger partial charge in [-0.1, -0.05) is 0 Å². The Bertz CT molecular complexity index is 1270. The quantitative estimate of drug-likeness (QED) is 0.479. The zero-order valence-electron chi connectivity index (χ0n) is 16.3. The van der Waals surface area contributed by atoms with Gasteiger partial charge in [-0.25, -0.2) is 23.7 Å². The number of rotatable bonds is 5. The van der Waals surface area contributed by atoms with Crippen LogP contribution in [0.15, 0.2) is 54.7 Å². The van der Waals surface area contributed by atoms with E-state index in [9.17, 15) is 8.78 Å². The predicted octanol–water partition coefficient (Wildman–Crippen LogP) is 4.31. The first kappa shape index (κ1) is 19.4. The molecular formula is C21H18F2N6O. The van der Waals surface area contributed by atoms with E-state index in [1.807, 2.05) is 0 Å². The van der Waals surface area contributed by atoms with E-state index in [4.69, 9.17) is 5.11 Å². The van der Waals surface area contributed by atoms with E-state index >= 15 is 0 Å². The van der Waals surface area contributed by atoms with Gasteiger partial charge in [0.15, 0.2) is 5.65 Å². The van der Waals surface area contributed by atoms with E-state index in [1.165, 1.54) is 12.1 Å². The highest BCUT2D eigenvalue weighted by Crippen LogP contribution is 2.34. The smallest absolute Gasteiger partial charge is 0.223 e. The predicted molar refractivity (Wildman–Crippen MR) is 109 cm³/mol. The minimum atomic E-state index is -0.721. The summed E-state index contributed by atoms with van der Waals surface area (Å²) in [6.45, 7) is 3.91. The van der Waals surface area contributed by atoms with Crippen LogP contribution >= 0.6 is 0 Å². The first-order chi connectivity index (χ1) is 14.5. The standard InChI is InChI=1S/C21H18F2N6O/c1-12(11-30)10-26-21-25-6-5-17(27-21)19-18(15-4-3-14(22)9-16(15)23)28-20-13(2)24-7-8-29(19)20/h3-9,11,30H,10H2,1-2H3,(H,25,26,27)/b12-11+. The number of aliphatic hydroxyl groups is 1. The number of nitrogens with zero attached hydrogens (tertiary/aromatic N) is 5. The Labute approximate surface area is 170 Å². The Hall–Kier alpha value is -3.88. The van der Waals surface area contributed by atoms with Crippen LogP contribution in [0, 0.1) is 18.6 Å². The Morgan fingerprint density at radius 2 is 2.00 bits per heavy atom. The van der Waals surface area contributed by atoms with E-state index in [0.717, 1.165) is 12.3 Å². The van der Waals surface area contributed by atoms with Gasteiger partial charge in [-0.3, -0.25) is 9.38 Å². The number of aromatic nitrogens is 5. The van der Waals surface area contributed by atoms with Crippen molar-refractivity contribution in [2.24, 2.45) is 0 Å². The average molecular weight is 408 g/mol. The van der Waals surface area contributed by atoms with Crippen molar-refractivity contribution in [3.8, 4) is 22.6 Å². The fourth-order valence-corrected chi connectivity index (χ4v) is 3.06. The first-order valence-electron chi connectivity index (χ1n) is 9.14. The summed E-state index contributed by atoms with van der Waals surface area (Å²) in [5, 5.41) is 12.1. The molecule has 3 aromatic heterocycles. The number of nitrogens with one attached hydrogen (secondary N) is 1. The van der Waals surface area contributed by atoms with Crippen molar-refractivity contribution in [1.29, 1.82) is 0 Å². The van der Waals surface area contributed by atoms with Gasteiger partial charge in [0.05, 0.1) is 23.3 Å². The van der Waals surface area contributed by atoms with Gasteiger partial charge < -0.3 is 10.4 Å². The lowest BCUT2D eigenvalue weighted by molar-refractivity contribution is 0.466. The molecule has 30 heavy (non-hydrogen) atoms. The third kappa shape index (κ3) is 3.57. The number of aliphatic hydroxyl groups excluding tert-OH is 1. The molecule has 0 spiro atoms. The molecule has 0 aliphatic carbocycles. The van der Waals surface area contributed by atoms with E-state index in [1.54, 1.807) is 42.9 Å². The third-order valence-corrected chi connectivity index (χ3v) is 4.55. The van der Waals surface area contributed by atoms with Gasteiger partial charge in [0.25, 0.3) is 0 Å². The van der Waals surface area contributed by atoms with Gasteiger partial charge in [0.1, 0.15) is 17.3 Å². The summed E-state index contributed by atoms with van der Waals surface area (Å²) in [5.74, 6) is -1.05. The number of fused-ring (bicyclic) bond motifs is 1. The maximum absolute atomic E-state index is 14.6. The summed E-state index contributed by atoms with van der Waals surface area (Å²) < 4.78 is 29.8. The SMILES string of the molecule is C/C(=C\O)CNc1nccc(-c2c(-c3ccc(F)cc3F)nc3c(C)nccn23)n1. The van der Waals surface area contributed by atoms with Crippen molar-refractivity contribution in [1.82, 2.24) is 24.3 Å². The third-order valence-electron chi connectivity index (χ3n) is 4.55. The minimum Gasteiger partial charge on any atom is -0.516 e. The highest BCUT2D eigenvalue weighted by atomic mass is 19.1. The first-order valence-corrected chi connectivity index (χ1v) is 9.14. The number of hydrogen-bond acceptors (Lipinski definition) is 6. The molecule has 9 heteroatoms. The number of aryl methyl sites for hydroxylation is 1. The van der Waals surface area contributed by atoms with Crippen LogP contribution in [0.1, 0.15) is 12.6 Å². The molecule has 2 N–H and O–H groups in total. The molecule has 0 bridgehead atoms. The molecule has 0 atom stereocenters. The van der Waals surface area contributed by atoms with Gasteiger partial charge in [0, 0.05) is 36.8 Å². The van der Waals surface area contributed by atoms with Gasteiger partial charge in [0.2, 0.25) is 5.95 Å². The minimum absolute atomic E-state index is 0.154. The molecule has 1 aromatic carbocycles. The summed E-state index contributed by atoms with van der Waals surface area (Å²) in [6, 6.07) is 5.05. The largest absolute Gasteiger partial charge is 0.516 e. The number of hydrogen-bond donors (Lipinski definition) is 2. The van der Waals surface area contributed by atoms with Crippen LogP contribution < -0.4 is 5.32 Å². The molecule has 7 nitrogen and oxygen atoms in total. The van der Waals surface area contributed by atoms with Crippen molar-refractivity contribution >= 4 is 11.6 Å². The van der Waals surface area contributed by atoms with Crippen molar-refractivity contribution in [2.45, 2.75) is 13.8 Å². The normalized spacial score (nSPS) is 11.8. The summed E-state index contributed by atoms with van der Waals surface area (Å²) in [4.78, 5) is 17.5. The maximum Gasteiger partial charge on any atom is 0.223 e. The molecule has 0 radical (unpaired) electrons. The molecule has 0 amide bonds. The lowest BCUT2D eigenvalue weighted by Crippen LogP contribution is -2.07. The zero-order valence-corrected chi connectivity index (χ0v) is 16.3. The van der Waals surface area contributed by atoms with Crippen LogP contribution in [0.2, 0.25) is 0 Å². The van der Waals surface area contributed by atoms with Crippen molar-refractivity contribution in [3.05, 3.63) is 72.0 Å². The number of benzene rings is 1. The molecule has 0 aliphatic heterocycles. The van der Waals surface area contributed by atoms with Crippen LogP contribution in [0.25, 0.3) is 28.3 Å². The van der Waals surface area contributed by atoms with Crippen LogP contribution in [0.3, 0.4) is 0 Å². The van der Waals surface area contributed by atoms with Crippen LogP contribution in [0.5, 0.6) is 0 Å². The van der Waals surface area contributed by atoms with Gasteiger partial charge in [-0.15, -0.1) is 0 Å². The lowest BCUT2D eigenvalue weighted by Gasteiger charge is -2.09. The summed E-state index contributed by atoms with van der Waals surface area (Å²) >= 11 is 0. The van der Waals surface area contributed by atoms with E-state index in [0.29, 0.717) is 46.5 Å². The molecule has 152 valence electrons. The fraction of sp³-hybridized carbons (Fsp3) is 0.143. The molecule has 0 fully saturated rings. The highest BCUT2D eigenvalue weighted by molar-refractivity contribution is 5.81. The second kappa shape index (κ2) is 7.86. The Kier molecular flexibility index (Phi) is 5.09. The average Bonchev–Trinajstić information content (AvgIpc) is 3.13. The number of imidazole rings is 1. The molecule has 3 heterocycles. The fourth-order valence-electron chi connectivity index (χ4n) is 3.06. The maximum atomic E-state index is 14.6. The summed E-state index contributed by atoms with van der Waals surface area (Å²) in [5.41, 5.74) is 3.40. The van der Waals surface area contributed by atoms with E-state index in [-0.39, 0.29) is 5.56 Å². The Morgan fingerprint density at radius 3 is 2.77 bits per heavy atom. The number of halogens is 2. The molecular weight excluding hydrogens is 390 g/mol. The van der Waals surface area contributed by atoms with Gasteiger partial charge >= 0.3 is 0 Å². The van der Waals surface area contributed by atoms with Crippen molar-refractivity contribution < 1.29 is 13.9 Å². The monoisotopic (exact) mass is 408 g/mol. The lowest BCUT2D eigenvalue weighted by atomic mass is 10.1. The van der Waals surface area contributed by atoms with Crippen LogP contribution in [-0.2, 0) is 0 Å². The number of anilines is 1. The molecule has 0 saturated carbocycles. The highest BCUT2D eigenvalue weighted by Gasteiger charge is 2.21. The van der Waals surface area contributed by atoms with E-state index in [2.05, 4.69) is 25.3 Å². The van der Waals surface area contributed by atoms with Crippen molar-refractivity contribution in [2.75, 3.05) is 11.9 Å². The molecule has 4 aromatic rings. The summed E-state index contributed by atoms with van der Waals surface area (Å²) in [7, 11) is 0. The second-order valence-corrected chi connectivity index (χ2v) is 6.73. The van der Waals surface area contributed by atoms with Crippen LogP contribution in [-0.4, -0.2) is 36.0 Å². The Balaban J connectivity index is 1.91. The molecule has 0 saturated heterocycles. The molecule has 4 rings (SSSR count). The Morgan fingerprint density at radius 1 is 1.17 bits per heavy atom.